The Balaban J connectivity index is 2.09. The first-order valence-electron chi connectivity index (χ1n) is 5.68. The van der Waals surface area contributed by atoms with Crippen LogP contribution in [-0.2, 0) is 6.61 Å². The number of ether oxygens (including phenoxy) is 2. The highest BCUT2D eigenvalue weighted by molar-refractivity contribution is 9.10. The first-order chi connectivity index (χ1) is 9.08. The van der Waals surface area contributed by atoms with Crippen molar-refractivity contribution in [2.75, 3.05) is 7.11 Å². The summed E-state index contributed by atoms with van der Waals surface area (Å²) in [4.78, 5) is 4.35. The van der Waals surface area contributed by atoms with Crippen molar-refractivity contribution in [2.45, 2.75) is 13.5 Å². The number of hydrogen-bond acceptors (Lipinski definition) is 3. The maximum absolute atomic E-state index is 13.1. The van der Waals surface area contributed by atoms with E-state index in [1.807, 2.05) is 19.1 Å². The number of hydrogen-bond donors (Lipinski definition) is 0. The summed E-state index contributed by atoms with van der Waals surface area (Å²) >= 11 is 3.12. The van der Waals surface area contributed by atoms with E-state index in [9.17, 15) is 4.39 Å². The van der Waals surface area contributed by atoms with Gasteiger partial charge in [0.05, 0.1) is 17.3 Å². The van der Waals surface area contributed by atoms with E-state index in [-0.39, 0.29) is 5.82 Å². The normalized spacial score (nSPS) is 10.3. The molecule has 3 nitrogen and oxygen atoms in total. The van der Waals surface area contributed by atoms with Crippen LogP contribution in [0.3, 0.4) is 0 Å². The third-order valence-electron chi connectivity index (χ3n) is 2.49. The molecule has 2 aromatic rings. The second kappa shape index (κ2) is 6.02. The molecule has 1 aromatic heterocycles. The second-order valence-electron chi connectivity index (χ2n) is 4.00. The Kier molecular flexibility index (Phi) is 4.37. The van der Waals surface area contributed by atoms with Crippen molar-refractivity contribution in [3.05, 3.63) is 52.0 Å². The lowest BCUT2D eigenvalue weighted by Crippen LogP contribution is -2.00. The van der Waals surface area contributed by atoms with E-state index in [1.165, 1.54) is 6.07 Å². The molecule has 100 valence electrons. The fourth-order valence-corrected chi connectivity index (χ4v) is 1.98. The molecule has 0 radical (unpaired) electrons. The summed E-state index contributed by atoms with van der Waals surface area (Å²) in [5.41, 5.74) is 1.62. The molecule has 0 aliphatic rings. The molecule has 0 N–H and O–H groups in total. The predicted octanol–water partition coefficient (Wildman–Crippen LogP) is 3.88. The van der Waals surface area contributed by atoms with E-state index >= 15 is 0 Å². The predicted molar refractivity (Wildman–Crippen MR) is 74.0 cm³/mol. The number of nitrogens with zero attached hydrogens (tertiary/aromatic N) is 1. The van der Waals surface area contributed by atoms with E-state index in [0.29, 0.717) is 16.8 Å². The summed E-state index contributed by atoms with van der Waals surface area (Å²) in [6, 6.07) is 8.17. The number of benzene rings is 1. The van der Waals surface area contributed by atoms with Gasteiger partial charge in [0, 0.05) is 17.8 Å². The van der Waals surface area contributed by atoms with E-state index in [2.05, 4.69) is 20.9 Å². The smallest absolute Gasteiger partial charge is 0.137 e. The Hall–Kier alpha value is -1.62. The fraction of sp³-hybridized carbons (Fsp3) is 0.214. The maximum Gasteiger partial charge on any atom is 0.137 e. The number of methoxy groups -OCH3 is 1. The average Bonchev–Trinajstić information content (AvgIpc) is 2.39. The van der Waals surface area contributed by atoms with Gasteiger partial charge in [-0.1, -0.05) is 0 Å². The van der Waals surface area contributed by atoms with Crippen molar-refractivity contribution in [3.8, 4) is 11.5 Å². The van der Waals surface area contributed by atoms with Gasteiger partial charge in [0.1, 0.15) is 23.9 Å². The minimum atomic E-state index is -0.317. The third kappa shape index (κ3) is 3.67. The van der Waals surface area contributed by atoms with E-state index < -0.39 is 0 Å². The molecule has 0 aliphatic heterocycles. The molecule has 0 aliphatic carbocycles. The summed E-state index contributed by atoms with van der Waals surface area (Å²) in [5.74, 6) is 1.00. The zero-order valence-electron chi connectivity index (χ0n) is 10.6. The monoisotopic (exact) mass is 325 g/mol. The Morgan fingerprint density at radius 2 is 2.00 bits per heavy atom. The molecular weight excluding hydrogens is 313 g/mol. The van der Waals surface area contributed by atoms with Gasteiger partial charge in [-0.05, 0) is 41.1 Å². The number of halogens is 2. The van der Waals surface area contributed by atoms with Crippen molar-refractivity contribution in [1.29, 1.82) is 0 Å². The maximum atomic E-state index is 13.1. The van der Waals surface area contributed by atoms with Crippen LogP contribution in [0.2, 0.25) is 0 Å². The Morgan fingerprint density at radius 3 is 2.68 bits per heavy atom. The lowest BCUT2D eigenvalue weighted by atomic mass is 10.3. The third-order valence-corrected chi connectivity index (χ3v) is 3.10. The number of pyridine rings is 1. The van der Waals surface area contributed by atoms with Crippen LogP contribution in [0.15, 0.2) is 34.8 Å². The van der Waals surface area contributed by atoms with Crippen LogP contribution >= 0.6 is 15.9 Å². The van der Waals surface area contributed by atoms with Gasteiger partial charge in [-0.2, -0.15) is 0 Å². The van der Waals surface area contributed by atoms with Crippen molar-refractivity contribution < 1.29 is 13.9 Å². The van der Waals surface area contributed by atoms with Crippen LogP contribution in [0.4, 0.5) is 4.39 Å². The zero-order valence-corrected chi connectivity index (χ0v) is 12.2. The van der Waals surface area contributed by atoms with Crippen molar-refractivity contribution in [1.82, 2.24) is 4.98 Å². The van der Waals surface area contributed by atoms with Crippen LogP contribution in [0.5, 0.6) is 11.5 Å². The van der Waals surface area contributed by atoms with E-state index in [1.54, 1.807) is 19.2 Å². The molecule has 0 saturated carbocycles. The second-order valence-corrected chi connectivity index (χ2v) is 4.86. The van der Waals surface area contributed by atoms with Crippen LogP contribution in [0, 0.1) is 12.7 Å². The highest BCUT2D eigenvalue weighted by Crippen LogP contribution is 2.22. The Bertz CT molecular complexity index is 590. The molecule has 1 heterocycles. The van der Waals surface area contributed by atoms with Gasteiger partial charge in [-0.25, -0.2) is 4.39 Å². The summed E-state index contributed by atoms with van der Waals surface area (Å²) < 4.78 is 24.2. The SMILES string of the molecule is COc1cc(C)nc(COc2ccc(F)c(Br)c2)c1. The minimum Gasteiger partial charge on any atom is -0.497 e. The molecule has 0 amide bonds. The Labute approximate surface area is 119 Å². The van der Waals surface area contributed by atoms with Gasteiger partial charge in [0.2, 0.25) is 0 Å². The van der Waals surface area contributed by atoms with Crippen molar-refractivity contribution >= 4 is 15.9 Å². The molecule has 5 heteroatoms. The average molecular weight is 326 g/mol. The summed E-state index contributed by atoms with van der Waals surface area (Å²) in [7, 11) is 1.61. The van der Waals surface area contributed by atoms with Gasteiger partial charge < -0.3 is 9.47 Å². The van der Waals surface area contributed by atoms with Crippen molar-refractivity contribution in [2.24, 2.45) is 0 Å². The lowest BCUT2D eigenvalue weighted by Gasteiger charge is -2.08. The number of aryl methyl sites for hydroxylation is 1. The van der Waals surface area contributed by atoms with Crippen LogP contribution in [-0.4, -0.2) is 12.1 Å². The topological polar surface area (TPSA) is 31.4 Å². The van der Waals surface area contributed by atoms with Gasteiger partial charge >= 0.3 is 0 Å². The van der Waals surface area contributed by atoms with Gasteiger partial charge in [0.15, 0.2) is 0 Å². The molecule has 19 heavy (non-hydrogen) atoms. The fourth-order valence-electron chi connectivity index (χ4n) is 1.62. The van der Waals surface area contributed by atoms with Crippen LogP contribution in [0.1, 0.15) is 11.4 Å². The molecule has 0 spiro atoms. The molecule has 0 fully saturated rings. The number of aromatic nitrogens is 1. The minimum absolute atomic E-state index is 0.302. The quantitative estimate of drug-likeness (QED) is 0.854. The lowest BCUT2D eigenvalue weighted by molar-refractivity contribution is 0.299. The molecule has 0 atom stereocenters. The first kappa shape index (κ1) is 13.8. The summed E-state index contributed by atoms with van der Waals surface area (Å²) in [6.07, 6.45) is 0. The van der Waals surface area contributed by atoms with E-state index in [4.69, 9.17) is 9.47 Å². The molecule has 2 rings (SSSR count). The zero-order chi connectivity index (χ0) is 13.8. The first-order valence-corrected chi connectivity index (χ1v) is 6.47. The summed E-state index contributed by atoms with van der Waals surface area (Å²) in [6.45, 7) is 2.19. The van der Waals surface area contributed by atoms with Crippen LogP contribution in [0.25, 0.3) is 0 Å². The molecule has 0 unspecified atom stereocenters. The van der Waals surface area contributed by atoms with Crippen molar-refractivity contribution in [3.63, 3.8) is 0 Å². The molecule has 0 saturated heterocycles. The molecule has 1 aromatic carbocycles. The van der Waals surface area contributed by atoms with Gasteiger partial charge in [-0.15, -0.1) is 0 Å². The summed E-state index contributed by atoms with van der Waals surface area (Å²) in [5, 5.41) is 0. The standard InChI is InChI=1S/C14H13BrFNO2/c1-9-5-12(18-2)6-10(17-9)8-19-11-3-4-14(16)13(15)7-11/h3-7H,8H2,1-2H3. The largest absolute Gasteiger partial charge is 0.497 e. The van der Waals surface area contributed by atoms with E-state index in [0.717, 1.165) is 17.1 Å². The Morgan fingerprint density at radius 1 is 1.21 bits per heavy atom. The molecular formula is C14H13BrFNO2. The van der Waals surface area contributed by atoms with Crippen LogP contribution < -0.4 is 9.47 Å². The number of rotatable bonds is 4. The van der Waals surface area contributed by atoms with Gasteiger partial charge in [0.25, 0.3) is 0 Å². The highest BCUT2D eigenvalue weighted by Gasteiger charge is 2.04. The van der Waals surface area contributed by atoms with Gasteiger partial charge in [-0.3, -0.25) is 4.98 Å². The highest BCUT2D eigenvalue weighted by atomic mass is 79.9. The molecule has 0 bridgehead atoms.